The largest absolute Gasteiger partial charge is 0.390 e. The lowest BCUT2D eigenvalue weighted by atomic mass is 10.3. The summed E-state index contributed by atoms with van der Waals surface area (Å²) in [6.07, 6.45) is 0.873. The SMILES string of the molecule is CCc1nn(CCN2CCOCC2)c(CO)c1Br. The Hall–Kier alpha value is -0.430. The highest BCUT2D eigenvalue weighted by molar-refractivity contribution is 9.10. The summed E-state index contributed by atoms with van der Waals surface area (Å²) in [6.45, 7) is 7.46. The molecule has 1 aromatic rings. The average molecular weight is 318 g/mol. The summed E-state index contributed by atoms with van der Waals surface area (Å²) in [4.78, 5) is 2.37. The first-order valence-corrected chi connectivity index (χ1v) is 7.20. The van der Waals surface area contributed by atoms with Gasteiger partial charge in [-0.15, -0.1) is 0 Å². The fourth-order valence-electron chi connectivity index (χ4n) is 2.15. The van der Waals surface area contributed by atoms with Gasteiger partial charge in [0.25, 0.3) is 0 Å². The molecular formula is C12H20BrN3O2. The third-order valence-electron chi connectivity index (χ3n) is 3.28. The van der Waals surface area contributed by atoms with Gasteiger partial charge in [0.1, 0.15) is 0 Å². The van der Waals surface area contributed by atoms with Gasteiger partial charge in [-0.1, -0.05) is 6.92 Å². The number of aromatic nitrogens is 2. The molecule has 1 fully saturated rings. The summed E-state index contributed by atoms with van der Waals surface area (Å²) in [5.41, 5.74) is 1.89. The van der Waals surface area contributed by atoms with E-state index in [1.165, 1.54) is 0 Å². The van der Waals surface area contributed by atoms with Crippen LogP contribution in [0.15, 0.2) is 4.47 Å². The molecular weight excluding hydrogens is 298 g/mol. The number of aliphatic hydroxyl groups excluding tert-OH is 1. The van der Waals surface area contributed by atoms with Gasteiger partial charge in [-0.2, -0.15) is 5.10 Å². The van der Waals surface area contributed by atoms with Crippen LogP contribution in [0.4, 0.5) is 0 Å². The Balaban J connectivity index is 1.99. The van der Waals surface area contributed by atoms with E-state index in [-0.39, 0.29) is 6.61 Å². The number of nitrogens with zero attached hydrogens (tertiary/aromatic N) is 3. The van der Waals surface area contributed by atoms with E-state index in [4.69, 9.17) is 4.74 Å². The van der Waals surface area contributed by atoms with Crippen molar-refractivity contribution in [1.29, 1.82) is 0 Å². The van der Waals surface area contributed by atoms with Crippen molar-refractivity contribution < 1.29 is 9.84 Å². The number of halogens is 1. The zero-order valence-electron chi connectivity index (χ0n) is 10.7. The molecule has 0 radical (unpaired) electrons. The highest BCUT2D eigenvalue weighted by Gasteiger charge is 2.15. The van der Waals surface area contributed by atoms with Crippen molar-refractivity contribution in [2.24, 2.45) is 0 Å². The molecule has 0 spiro atoms. The minimum absolute atomic E-state index is 0.0245. The molecule has 2 heterocycles. The van der Waals surface area contributed by atoms with Crippen LogP contribution in [-0.2, 0) is 24.3 Å². The van der Waals surface area contributed by atoms with Crippen LogP contribution in [0.3, 0.4) is 0 Å². The standard InChI is InChI=1S/C12H20BrN3O2/c1-2-10-12(13)11(9-17)16(14-10)4-3-15-5-7-18-8-6-15/h17H,2-9H2,1H3. The summed E-state index contributed by atoms with van der Waals surface area (Å²) < 4.78 is 8.19. The van der Waals surface area contributed by atoms with Crippen molar-refractivity contribution >= 4 is 15.9 Å². The minimum atomic E-state index is 0.0245. The predicted octanol–water partition coefficient (Wildman–Crippen LogP) is 1.03. The van der Waals surface area contributed by atoms with E-state index in [1.54, 1.807) is 0 Å². The fourth-order valence-corrected chi connectivity index (χ4v) is 2.84. The molecule has 18 heavy (non-hydrogen) atoms. The second kappa shape index (κ2) is 6.65. The summed E-state index contributed by atoms with van der Waals surface area (Å²) in [7, 11) is 0. The van der Waals surface area contributed by atoms with Crippen LogP contribution in [0.25, 0.3) is 0 Å². The molecule has 5 nitrogen and oxygen atoms in total. The number of aliphatic hydroxyl groups is 1. The Labute approximate surface area is 116 Å². The first kappa shape index (κ1) is 14.0. The van der Waals surface area contributed by atoms with Crippen molar-refractivity contribution in [3.05, 3.63) is 15.9 Å². The lowest BCUT2D eigenvalue weighted by molar-refractivity contribution is 0.0357. The van der Waals surface area contributed by atoms with Gasteiger partial charge in [0.05, 0.1) is 42.2 Å². The van der Waals surface area contributed by atoms with Crippen LogP contribution in [0.1, 0.15) is 18.3 Å². The highest BCUT2D eigenvalue weighted by atomic mass is 79.9. The van der Waals surface area contributed by atoms with Crippen LogP contribution in [0.2, 0.25) is 0 Å². The second-order valence-electron chi connectivity index (χ2n) is 4.40. The summed E-state index contributed by atoms with van der Waals surface area (Å²) in [6, 6.07) is 0. The Morgan fingerprint density at radius 3 is 2.67 bits per heavy atom. The van der Waals surface area contributed by atoms with Gasteiger partial charge in [0.2, 0.25) is 0 Å². The van der Waals surface area contributed by atoms with Crippen molar-refractivity contribution in [2.75, 3.05) is 32.8 Å². The van der Waals surface area contributed by atoms with E-state index >= 15 is 0 Å². The molecule has 0 unspecified atom stereocenters. The number of hydrogen-bond donors (Lipinski definition) is 1. The predicted molar refractivity (Wildman–Crippen MR) is 72.5 cm³/mol. The van der Waals surface area contributed by atoms with Gasteiger partial charge >= 0.3 is 0 Å². The number of hydrogen-bond acceptors (Lipinski definition) is 4. The van der Waals surface area contributed by atoms with E-state index in [0.29, 0.717) is 0 Å². The van der Waals surface area contributed by atoms with Crippen LogP contribution in [0.5, 0.6) is 0 Å². The minimum Gasteiger partial charge on any atom is -0.390 e. The van der Waals surface area contributed by atoms with Crippen molar-refractivity contribution in [3.8, 4) is 0 Å². The van der Waals surface area contributed by atoms with Gasteiger partial charge < -0.3 is 9.84 Å². The average Bonchev–Trinajstić information content (AvgIpc) is 2.73. The summed E-state index contributed by atoms with van der Waals surface area (Å²) >= 11 is 3.51. The van der Waals surface area contributed by atoms with Crippen LogP contribution in [0, 0.1) is 0 Å². The number of rotatable bonds is 5. The Morgan fingerprint density at radius 2 is 2.06 bits per heavy atom. The molecule has 1 N–H and O–H groups in total. The topological polar surface area (TPSA) is 50.5 Å². The maximum Gasteiger partial charge on any atom is 0.0861 e. The van der Waals surface area contributed by atoms with E-state index < -0.39 is 0 Å². The molecule has 1 aliphatic heterocycles. The van der Waals surface area contributed by atoms with Crippen molar-refractivity contribution in [2.45, 2.75) is 26.5 Å². The quantitative estimate of drug-likeness (QED) is 0.881. The van der Waals surface area contributed by atoms with Gasteiger partial charge in [-0.3, -0.25) is 9.58 Å². The molecule has 1 aliphatic rings. The summed E-state index contributed by atoms with van der Waals surface area (Å²) in [5.74, 6) is 0. The zero-order valence-corrected chi connectivity index (χ0v) is 12.3. The van der Waals surface area contributed by atoms with Crippen LogP contribution < -0.4 is 0 Å². The lowest BCUT2D eigenvalue weighted by Gasteiger charge is -2.26. The second-order valence-corrected chi connectivity index (χ2v) is 5.19. The van der Waals surface area contributed by atoms with E-state index in [0.717, 1.165) is 61.7 Å². The highest BCUT2D eigenvalue weighted by Crippen LogP contribution is 2.22. The molecule has 102 valence electrons. The Kier molecular flexibility index (Phi) is 5.17. The van der Waals surface area contributed by atoms with Crippen molar-refractivity contribution in [3.63, 3.8) is 0 Å². The lowest BCUT2D eigenvalue weighted by Crippen LogP contribution is -2.38. The number of ether oxygens (including phenoxy) is 1. The van der Waals surface area contributed by atoms with Crippen LogP contribution in [-0.4, -0.2) is 52.6 Å². The maximum absolute atomic E-state index is 9.42. The number of morpholine rings is 1. The molecule has 6 heteroatoms. The van der Waals surface area contributed by atoms with E-state index in [1.807, 2.05) is 4.68 Å². The molecule has 1 saturated heterocycles. The van der Waals surface area contributed by atoms with Gasteiger partial charge in [0, 0.05) is 19.6 Å². The first-order chi connectivity index (χ1) is 8.76. The summed E-state index contributed by atoms with van der Waals surface area (Å²) in [5, 5.41) is 14.0. The molecule has 2 rings (SSSR count). The smallest absolute Gasteiger partial charge is 0.0861 e. The maximum atomic E-state index is 9.42. The molecule has 0 aliphatic carbocycles. The normalized spacial score (nSPS) is 17.3. The molecule has 0 saturated carbocycles. The van der Waals surface area contributed by atoms with Crippen LogP contribution >= 0.6 is 15.9 Å². The molecule has 0 atom stereocenters. The van der Waals surface area contributed by atoms with E-state index in [2.05, 4.69) is 32.9 Å². The molecule has 0 bridgehead atoms. The molecule has 0 amide bonds. The molecule has 0 aromatic carbocycles. The Morgan fingerprint density at radius 1 is 1.33 bits per heavy atom. The fraction of sp³-hybridized carbons (Fsp3) is 0.750. The monoisotopic (exact) mass is 317 g/mol. The zero-order chi connectivity index (χ0) is 13.0. The first-order valence-electron chi connectivity index (χ1n) is 6.41. The third-order valence-corrected chi connectivity index (χ3v) is 4.19. The van der Waals surface area contributed by atoms with Gasteiger partial charge in [0.15, 0.2) is 0 Å². The van der Waals surface area contributed by atoms with Gasteiger partial charge in [-0.25, -0.2) is 0 Å². The Bertz CT molecular complexity index is 389. The molecule has 1 aromatic heterocycles. The number of aryl methyl sites for hydroxylation is 1. The van der Waals surface area contributed by atoms with Gasteiger partial charge in [-0.05, 0) is 22.4 Å². The van der Waals surface area contributed by atoms with Crippen molar-refractivity contribution in [1.82, 2.24) is 14.7 Å². The third kappa shape index (κ3) is 3.12. The van der Waals surface area contributed by atoms with E-state index in [9.17, 15) is 5.11 Å².